The lowest BCUT2D eigenvalue weighted by Gasteiger charge is -2.17. The Labute approximate surface area is 124 Å². The Bertz CT molecular complexity index is 625. The average molecular weight is 336 g/mol. The Balaban J connectivity index is 2.18. The SMILES string of the molecule is Clc1cccc(C(c2ccc[nH]2)c2ccc[nH]2)c1Br. The molecule has 1 aromatic carbocycles. The van der Waals surface area contributed by atoms with Gasteiger partial charge in [-0.1, -0.05) is 23.7 Å². The van der Waals surface area contributed by atoms with E-state index in [4.69, 9.17) is 11.6 Å². The Hall–Kier alpha value is -1.45. The van der Waals surface area contributed by atoms with Gasteiger partial charge in [-0.3, -0.25) is 0 Å². The minimum atomic E-state index is 0.109. The predicted octanol–water partition coefficient (Wildman–Crippen LogP) is 4.94. The van der Waals surface area contributed by atoms with E-state index in [0.717, 1.165) is 26.4 Å². The van der Waals surface area contributed by atoms with Gasteiger partial charge in [0.1, 0.15) is 0 Å². The molecular formula is C15H12BrClN2. The van der Waals surface area contributed by atoms with E-state index in [9.17, 15) is 0 Å². The fourth-order valence-corrected chi connectivity index (χ4v) is 2.97. The fourth-order valence-electron chi connectivity index (χ4n) is 2.29. The Kier molecular flexibility index (Phi) is 3.49. The monoisotopic (exact) mass is 334 g/mol. The van der Waals surface area contributed by atoms with Gasteiger partial charge in [0.15, 0.2) is 0 Å². The quantitative estimate of drug-likeness (QED) is 0.679. The first-order chi connectivity index (χ1) is 9.27. The molecule has 0 aliphatic carbocycles. The molecule has 4 heteroatoms. The molecule has 0 saturated carbocycles. The van der Waals surface area contributed by atoms with E-state index in [-0.39, 0.29) is 5.92 Å². The van der Waals surface area contributed by atoms with Gasteiger partial charge in [0.2, 0.25) is 0 Å². The Morgan fingerprint density at radius 3 is 2.05 bits per heavy atom. The second kappa shape index (κ2) is 5.27. The molecule has 0 spiro atoms. The molecule has 0 atom stereocenters. The third-order valence-corrected chi connectivity index (χ3v) is 4.59. The highest BCUT2D eigenvalue weighted by Gasteiger charge is 2.21. The standard InChI is InChI=1S/C15H12BrClN2/c16-15-10(4-1-5-11(15)17)14(12-6-2-8-18-12)13-7-3-9-19-13/h1-9,14,18-19H. The summed E-state index contributed by atoms with van der Waals surface area (Å²) < 4.78 is 0.936. The highest BCUT2D eigenvalue weighted by molar-refractivity contribution is 9.10. The molecule has 0 bridgehead atoms. The van der Waals surface area contributed by atoms with E-state index in [0.29, 0.717) is 0 Å². The van der Waals surface area contributed by atoms with Gasteiger partial charge in [0.25, 0.3) is 0 Å². The van der Waals surface area contributed by atoms with Crippen molar-refractivity contribution in [2.45, 2.75) is 5.92 Å². The van der Waals surface area contributed by atoms with E-state index >= 15 is 0 Å². The first-order valence-corrected chi connectivity index (χ1v) is 7.15. The number of hydrogen-bond donors (Lipinski definition) is 2. The lowest BCUT2D eigenvalue weighted by atomic mass is 9.93. The maximum atomic E-state index is 6.21. The average Bonchev–Trinajstić information content (AvgIpc) is 3.08. The van der Waals surface area contributed by atoms with Gasteiger partial charge in [-0.15, -0.1) is 0 Å². The normalized spacial score (nSPS) is 11.1. The van der Waals surface area contributed by atoms with Crippen molar-refractivity contribution in [3.05, 3.63) is 81.3 Å². The third kappa shape index (κ3) is 2.36. The van der Waals surface area contributed by atoms with E-state index in [2.05, 4.69) is 44.1 Å². The van der Waals surface area contributed by atoms with Gasteiger partial charge in [-0.25, -0.2) is 0 Å². The summed E-state index contributed by atoms with van der Waals surface area (Å²) in [6.07, 6.45) is 3.87. The van der Waals surface area contributed by atoms with Crippen LogP contribution in [-0.4, -0.2) is 9.97 Å². The molecule has 0 radical (unpaired) electrons. The number of rotatable bonds is 3. The molecule has 96 valence electrons. The molecule has 2 aromatic heterocycles. The van der Waals surface area contributed by atoms with E-state index in [1.165, 1.54) is 0 Å². The molecule has 2 heterocycles. The molecule has 0 saturated heterocycles. The van der Waals surface area contributed by atoms with Crippen molar-refractivity contribution in [3.8, 4) is 0 Å². The van der Waals surface area contributed by atoms with E-state index in [1.54, 1.807) is 0 Å². The molecule has 2 nitrogen and oxygen atoms in total. The first kappa shape index (κ1) is 12.6. The highest BCUT2D eigenvalue weighted by atomic mass is 79.9. The largest absolute Gasteiger partial charge is 0.364 e. The molecule has 0 aliphatic rings. The van der Waals surface area contributed by atoms with Crippen LogP contribution in [0.5, 0.6) is 0 Å². The Morgan fingerprint density at radius 2 is 1.53 bits per heavy atom. The second-order valence-electron chi connectivity index (χ2n) is 4.33. The Morgan fingerprint density at radius 1 is 0.895 bits per heavy atom. The topological polar surface area (TPSA) is 31.6 Å². The van der Waals surface area contributed by atoms with Gasteiger partial charge in [-0.05, 0) is 51.8 Å². The van der Waals surface area contributed by atoms with Gasteiger partial charge in [-0.2, -0.15) is 0 Å². The first-order valence-electron chi connectivity index (χ1n) is 5.98. The number of H-pyrrole nitrogens is 2. The predicted molar refractivity (Wildman–Crippen MR) is 81.7 cm³/mol. The number of halogens is 2. The van der Waals surface area contributed by atoms with Gasteiger partial charge < -0.3 is 9.97 Å². The summed E-state index contributed by atoms with van der Waals surface area (Å²) in [5, 5.41) is 0.723. The van der Waals surface area contributed by atoms with Crippen molar-refractivity contribution in [2.75, 3.05) is 0 Å². The zero-order chi connectivity index (χ0) is 13.2. The van der Waals surface area contributed by atoms with Crippen LogP contribution in [0.3, 0.4) is 0 Å². The molecule has 2 N–H and O–H groups in total. The number of nitrogens with one attached hydrogen (secondary N) is 2. The second-order valence-corrected chi connectivity index (χ2v) is 5.53. The molecule has 0 fully saturated rings. The number of aromatic nitrogens is 2. The summed E-state index contributed by atoms with van der Waals surface area (Å²) in [4.78, 5) is 6.57. The van der Waals surface area contributed by atoms with E-state index in [1.807, 2.05) is 36.7 Å². The lowest BCUT2D eigenvalue weighted by molar-refractivity contribution is 0.893. The number of aromatic amines is 2. The van der Waals surface area contributed by atoms with Crippen LogP contribution in [0, 0.1) is 0 Å². The van der Waals surface area contributed by atoms with Crippen LogP contribution >= 0.6 is 27.5 Å². The van der Waals surface area contributed by atoms with Crippen LogP contribution in [0.1, 0.15) is 22.9 Å². The zero-order valence-electron chi connectivity index (χ0n) is 10.0. The fraction of sp³-hybridized carbons (Fsp3) is 0.0667. The van der Waals surface area contributed by atoms with Crippen LogP contribution in [0.2, 0.25) is 5.02 Å². The van der Waals surface area contributed by atoms with Gasteiger partial charge in [0, 0.05) is 28.3 Å². The summed E-state index contributed by atoms with van der Waals surface area (Å²) in [7, 11) is 0. The van der Waals surface area contributed by atoms with Crippen molar-refractivity contribution < 1.29 is 0 Å². The van der Waals surface area contributed by atoms with Crippen LogP contribution in [0.25, 0.3) is 0 Å². The smallest absolute Gasteiger partial charge is 0.0652 e. The van der Waals surface area contributed by atoms with Crippen LogP contribution in [0.15, 0.2) is 59.3 Å². The molecule has 0 aliphatic heterocycles. The molecule has 19 heavy (non-hydrogen) atoms. The minimum absolute atomic E-state index is 0.109. The minimum Gasteiger partial charge on any atom is -0.364 e. The van der Waals surface area contributed by atoms with Crippen molar-refractivity contribution in [1.29, 1.82) is 0 Å². The highest BCUT2D eigenvalue weighted by Crippen LogP contribution is 2.37. The summed E-state index contributed by atoms with van der Waals surface area (Å²) in [6, 6.07) is 14.1. The third-order valence-electron chi connectivity index (χ3n) is 3.16. The summed E-state index contributed by atoms with van der Waals surface area (Å²) in [5.74, 6) is 0.109. The molecule has 0 unspecified atom stereocenters. The van der Waals surface area contributed by atoms with Gasteiger partial charge >= 0.3 is 0 Å². The zero-order valence-corrected chi connectivity index (χ0v) is 12.4. The van der Waals surface area contributed by atoms with Crippen molar-refractivity contribution in [1.82, 2.24) is 9.97 Å². The lowest BCUT2D eigenvalue weighted by Crippen LogP contribution is -2.05. The van der Waals surface area contributed by atoms with Crippen molar-refractivity contribution >= 4 is 27.5 Å². The van der Waals surface area contributed by atoms with Gasteiger partial charge in [0.05, 0.1) is 10.9 Å². The summed E-state index contributed by atoms with van der Waals surface area (Å²) in [6.45, 7) is 0. The van der Waals surface area contributed by atoms with Crippen LogP contribution < -0.4 is 0 Å². The maximum Gasteiger partial charge on any atom is 0.0652 e. The molecule has 3 rings (SSSR count). The van der Waals surface area contributed by atoms with E-state index < -0.39 is 0 Å². The van der Waals surface area contributed by atoms with Crippen LogP contribution in [-0.2, 0) is 0 Å². The number of benzene rings is 1. The summed E-state index contributed by atoms with van der Waals surface area (Å²) >= 11 is 9.81. The molecular weight excluding hydrogens is 324 g/mol. The summed E-state index contributed by atoms with van der Waals surface area (Å²) in [5.41, 5.74) is 3.40. The molecule has 0 amide bonds. The number of hydrogen-bond acceptors (Lipinski definition) is 0. The maximum absolute atomic E-state index is 6.21. The molecule has 3 aromatic rings. The van der Waals surface area contributed by atoms with Crippen molar-refractivity contribution in [2.24, 2.45) is 0 Å². The van der Waals surface area contributed by atoms with Crippen LogP contribution in [0.4, 0.5) is 0 Å². The van der Waals surface area contributed by atoms with Crippen molar-refractivity contribution in [3.63, 3.8) is 0 Å².